The van der Waals surface area contributed by atoms with Crippen molar-refractivity contribution in [2.24, 2.45) is 11.8 Å². The lowest BCUT2D eigenvalue weighted by molar-refractivity contribution is -0.130. The van der Waals surface area contributed by atoms with E-state index in [1.807, 2.05) is 30.3 Å². The van der Waals surface area contributed by atoms with Gasteiger partial charge in [0.2, 0.25) is 0 Å². The van der Waals surface area contributed by atoms with Crippen molar-refractivity contribution in [3.05, 3.63) is 41.5 Å². The molecule has 1 aromatic carbocycles. The van der Waals surface area contributed by atoms with E-state index in [4.69, 9.17) is 0 Å². The molecule has 1 aliphatic rings. The molecule has 1 saturated carbocycles. The number of hydrogen-bond donors (Lipinski definition) is 1. The zero-order valence-corrected chi connectivity index (χ0v) is 11.0. The van der Waals surface area contributed by atoms with Gasteiger partial charge in [-0.3, -0.25) is 0 Å². The van der Waals surface area contributed by atoms with Gasteiger partial charge in [0.05, 0.1) is 5.57 Å². The fourth-order valence-electron chi connectivity index (χ4n) is 2.97. The van der Waals surface area contributed by atoms with Crippen molar-refractivity contribution in [1.29, 1.82) is 0 Å². The lowest BCUT2D eigenvalue weighted by Crippen LogP contribution is -2.11. The lowest BCUT2D eigenvalue weighted by atomic mass is 9.86. The van der Waals surface area contributed by atoms with Crippen LogP contribution in [0.3, 0.4) is 0 Å². The molecule has 0 spiro atoms. The summed E-state index contributed by atoms with van der Waals surface area (Å²) >= 11 is 0. The van der Waals surface area contributed by atoms with Gasteiger partial charge in [-0.15, -0.1) is 0 Å². The van der Waals surface area contributed by atoms with Crippen molar-refractivity contribution in [2.45, 2.75) is 33.1 Å². The molecule has 1 atom stereocenters. The molecule has 0 aromatic heterocycles. The molecule has 0 aliphatic heterocycles. The first-order valence-corrected chi connectivity index (χ1v) is 6.63. The van der Waals surface area contributed by atoms with E-state index in [2.05, 4.69) is 13.8 Å². The third-order valence-electron chi connectivity index (χ3n) is 3.81. The number of aliphatic carboxylic acids is 1. The summed E-state index contributed by atoms with van der Waals surface area (Å²) in [5.41, 5.74) is 2.52. The largest absolute Gasteiger partial charge is 0.478 e. The van der Waals surface area contributed by atoms with Gasteiger partial charge >= 0.3 is 5.97 Å². The number of carbonyl (C=O) groups is 1. The predicted molar refractivity (Wildman–Crippen MR) is 73.2 cm³/mol. The number of carboxylic acids is 1. The van der Waals surface area contributed by atoms with Crippen LogP contribution >= 0.6 is 0 Å². The molecule has 1 aliphatic carbocycles. The summed E-state index contributed by atoms with van der Waals surface area (Å²) in [5, 5.41) is 9.53. The molecule has 0 bridgehead atoms. The second-order valence-corrected chi connectivity index (χ2v) is 5.31. The van der Waals surface area contributed by atoms with Crippen molar-refractivity contribution in [3.8, 4) is 0 Å². The quantitative estimate of drug-likeness (QED) is 0.816. The highest BCUT2D eigenvalue weighted by Gasteiger charge is 2.29. The summed E-state index contributed by atoms with van der Waals surface area (Å²) in [6, 6.07) is 9.51. The van der Waals surface area contributed by atoms with Crippen LogP contribution in [0.2, 0.25) is 0 Å². The van der Waals surface area contributed by atoms with E-state index in [-0.39, 0.29) is 0 Å². The van der Waals surface area contributed by atoms with Crippen LogP contribution in [0.15, 0.2) is 35.9 Å². The Morgan fingerprint density at radius 2 is 1.94 bits per heavy atom. The maximum atomic E-state index is 11.6. The van der Waals surface area contributed by atoms with Gasteiger partial charge in [0.25, 0.3) is 0 Å². The standard InChI is InChI=1S/C16H20O2/c1-11(2)13-9-6-10-14(13)15(16(17)18)12-7-4-3-5-8-12/h3-5,7-8,11,13H,6,9-10H2,1-2H3,(H,17,18)/b15-14+. The fourth-order valence-corrected chi connectivity index (χ4v) is 2.97. The maximum Gasteiger partial charge on any atom is 0.336 e. The van der Waals surface area contributed by atoms with Gasteiger partial charge in [-0.25, -0.2) is 4.79 Å². The first-order chi connectivity index (χ1) is 8.61. The van der Waals surface area contributed by atoms with Gasteiger partial charge in [-0.2, -0.15) is 0 Å². The molecule has 1 fully saturated rings. The van der Waals surface area contributed by atoms with E-state index in [9.17, 15) is 9.90 Å². The molecular weight excluding hydrogens is 224 g/mol. The summed E-state index contributed by atoms with van der Waals surface area (Å²) < 4.78 is 0. The number of rotatable bonds is 3. The summed E-state index contributed by atoms with van der Waals surface area (Å²) in [6.07, 6.45) is 3.16. The summed E-state index contributed by atoms with van der Waals surface area (Å²) in [5.74, 6) is 0.153. The summed E-state index contributed by atoms with van der Waals surface area (Å²) in [4.78, 5) is 11.6. The van der Waals surface area contributed by atoms with Crippen LogP contribution in [-0.2, 0) is 4.79 Å². The second kappa shape index (κ2) is 5.38. The van der Waals surface area contributed by atoms with Gasteiger partial charge < -0.3 is 5.11 Å². The molecule has 18 heavy (non-hydrogen) atoms. The Bertz CT molecular complexity index is 457. The Hall–Kier alpha value is -1.57. The smallest absolute Gasteiger partial charge is 0.336 e. The second-order valence-electron chi connectivity index (χ2n) is 5.31. The van der Waals surface area contributed by atoms with Gasteiger partial charge in [0.1, 0.15) is 0 Å². The van der Waals surface area contributed by atoms with Gasteiger partial charge in [-0.05, 0) is 36.7 Å². The van der Waals surface area contributed by atoms with E-state index in [1.54, 1.807) is 0 Å². The molecule has 0 amide bonds. The van der Waals surface area contributed by atoms with Crippen LogP contribution in [0.4, 0.5) is 0 Å². The highest BCUT2D eigenvalue weighted by Crippen LogP contribution is 2.40. The zero-order chi connectivity index (χ0) is 13.1. The number of benzene rings is 1. The molecule has 96 valence electrons. The highest BCUT2D eigenvalue weighted by atomic mass is 16.4. The zero-order valence-electron chi connectivity index (χ0n) is 11.0. The predicted octanol–water partition coefficient (Wildman–Crippen LogP) is 3.98. The van der Waals surface area contributed by atoms with E-state index in [0.29, 0.717) is 17.4 Å². The van der Waals surface area contributed by atoms with E-state index >= 15 is 0 Å². The normalized spacial score (nSPS) is 22.3. The van der Waals surface area contributed by atoms with E-state index in [0.717, 1.165) is 30.4 Å². The monoisotopic (exact) mass is 244 g/mol. The average Bonchev–Trinajstić information content (AvgIpc) is 2.79. The van der Waals surface area contributed by atoms with Crippen LogP contribution in [0, 0.1) is 11.8 Å². The molecule has 1 aromatic rings. The van der Waals surface area contributed by atoms with Crippen LogP contribution in [0.25, 0.3) is 5.57 Å². The number of carboxylic acid groups (broad SMARTS) is 1. The molecule has 0 saturated heterocycles. The third kappa shape index (κ3) is 2.47. The van der Waals surface area contributed by atoms with Crippen molar-refractivity contribution in [3.63, 3.8) is 0 Å². The lowest BCUT2D eigenvalue weighted by Gasteiger charge is -2.19. The topological polar surface area (TPSA) is 37.3 Å². The first-order valence-electron chi connectivity index (χ1n) is 6.63. The third-order valence-corrected chi connectivity index (χ3v) is 3.81. The van der Waals surface area contributed by atoms with Gasteiger partial charge in [0, 0.05) is 0 Å². The van der Waals surface area contributed by atoms with Gasteiger partial charge in [0.15, 0.2) is 0 Å². The number of allylic oxidation sites excluding steroid dienone is 1. The molecule has 0 radical (unpaired) electrons. The SMILES string of the molecule is CC(C)C1CCC/C1=C(\C(=O)O)c1ccccc1. The molecule has 2 rings (SSSR count). The molecule has 2 nitrogen and oxygen atoms in total. The van der Waals surface area contributed by atoms with Crippen LogP contribution in [0.5, 0.6) is 0 Å². The molecule has 1 N–H and O–H groups in total. The minimum absolute atomic E-state index is 0.427. The Labute approximate surface area is 108 Å². The van der Waals surface area contributed by atoms with Crippen LogP contribution in [-0.4, -0.2) is 11.1 Å². The highest BCUT2D eigenvalue weighted by molar-refractivity contribution is 6.16. The Morgan fingerprint density at radius 1 is 1.28 bits per heavy atom. The van der Waals surface area contributed by atoms with Gasteiger partial charge in [-0.1, -0.05) is 49.8 Å². The Balaban J connectivity index is 2.50. The average molecular weight is 244 g/mol. The van der Waals surface area contributed by atoms with Crippen molar-refractivity contribution < 1.29 is 9.90 Å². The summed E-state index contributed by atoms with van der Waals surface area (Å²) in [7, 11) is 0. The van der Waals surface area contributed by atoms with Crippen LogP contribution in [0.1, 0.15) is 38.7 Å². The fraction of sp³-hybridized carbons (Fsp3) is 0.438. The Morgan fingerprint density at radius 3 is 2.50 bits per heavy atom. The minimum atomic E-state index is -0.788. The molecule has 1 unspecified atom stereocenters. The minimum Gasteiger partial charge on any atom is -0.478 e. The van der Waals surface area contributed by atoms with E-state index in [1.165, 1.54) is 0 Å². The van der Waals surface area contributed by atoms with Crippen molar-refractivity contribution in [1.82, 2.24) is 0 Å². The van der Waals surface area contributed by atoms with Crippen LogP contribution < -0.4 is 0 Å². The Kier molecular flexibility index (Phi) is 3.85. The molecule has 2 heteroatoms. The first kappa shape index (κ1) is 12.9. The van der Waals surface area contributed by atoms with Crippen molar-refractivity contribution in [2.75, 3.05) is 0 Å². The molecule has 0 heterocycles. The van der Waals surface area contributed by atoms with E-state index < -0.39 is 5.97 Å². The van der Waals surface area contributed by atoms with Crippen molar-refractivity contribution >= 4 is 11.5 Å². The summed E-state index contributed by atoms with van der Waals surface area (Å²) in [6.45, 7) is 4.36. The maximum absolute atomic E-state index is 11.6. The number of hydrogen-bond acceptors (Lipinski definition) is 1. The molecular formula is C16H20O2.